The molecule has 6 nitrogen and oxygen atoms in total. The number of nitrogens with zero attached hydrogens (tertiary/aromatic N) is 6. The maximum Gasteiger partial charge on any atom is 0.0991 e. The largest absolute Gasteiger partial charge is 0.247 e. The van der Waals surface area contributed by atoms with Crippen molar-refractivity contribution in [3.63, 3.8) is 0 Å². The Balaban J connectivity index is 1.60. The van der Waals surface area contributed by atoms with Gasteiger partial charge < -0.3 is 0 Å². The second-order valence-corrected chi connectivity index (χ2v) is 9.83. The summed E-state index contributed by atoms with van der Waals surface area (Å²) < 4.78 is 0. The molecule has 0 N–H and O–H groups in total. The molecule has 0 fully saturated rings. The Labute approximate surface area is 241 Å². The zero-order valence-electron chi connectivity index (χ0n) is 22.1. The van der Waals surface area contributed by atoms with Gasteiger partial charge in [0.1, 0.15) is 0 Å². The standard InChI is InChI=1S/C36H18N6/c37-19-22-8-12-25(13-9-22)34-35(26-14-10-23(20-38)11-15-26)42-36-31(41-34)17-16-29-32(36)28-6-1-2-7-30(28)40-33(29)27-5-3-4-24(18-27)21-39/h1-18H. The molecule has 0 atom stereocenters. The Morgan fingerprint density at radius 1 is 0.429 bits per heavy atom. The van der Waals surface area contributed by atoms with Gasteiger partial charge in [0, 0.05) is 32.8 Å². The van der Waals surface area contributed by atoms with Crippen LogP contribution >= 0.6 is 0 Å². The van der Waals surface area contributed by atoms with Crippen LogP contribution < -0.4 is 0 Å². The predicted molar refractivity (Wildman–Crippen MR) is 163 cm³/mol. The van der Waals surface area contributed by atoms with Gasteiger partial charge in [-0.05, 0) is 54.6 Å². The van der Waals surface area contributed by atoms with Crippen molar-refractivity contribution in [3.05, 3.63) is 126 Å². The molecule has 0 aliphatic carbocycles. The van der Waals surface area contributed by atoms with Crippen molar-refractivity contribution in [1.82, 2.24) is 15.0 Å². The zero-order chi connectivity index (χ0) is 28.6. The first-order valence-electron chi connectivity index (χ1n) is 13.2. The van der Waals surface area contributed by atoms with Crippen LogP contribution in [0.5, 0.6) is 0 Å². The summed E-state index contributed by atoms with van der Waals surface area (Å²) in [5.74, 6) is 0. The second-order valence-electron chi connectivity index (χ2n) is 9.83. The highest BCUT2D eigenvalue weighted by Crippen LogP contribution is 2.39. The van der Waals surface area contributed by atoms with E-state index in [1.165, 1.54) is 0 Å². The average Bonchev–Trinajstić information content (AvgIpc) is 3.07. The molecule has 0 bridgehead atoms. The molecule has 0 aliphatic heterocycles. The summed E-state index contributed by atoms with van der Waals surface area (Å²) >= 11 is 0. The molecule has 2 aromatic heterocycles. The molecule has 0 unspecified atom stereocenters. The van der Waals surface area contributed by atoms with Crippen LogP contribution in [0.25, 0.3) is 66.5 Å². The van der Waals surface area contributed by atoms with E-state index in [0.717, 1.165) is 49.6 Å². The lowest BCUT2D eigenvalue weighted by Gasteiger charge is -2.15. The highest BCUT2D eigenvalue weighted by Gasteiger charge is 2.19. The maximum absolute atomic E-state index is 9.53. The van der Waals surface area contributed by atoms with Crippen LogP contribution in [0.2, 0.25) is 0 Å². The van der Waals surface area contributed by atoms with E-state index in [4.69, 9.17) is 15.0 Å². The third kappa shape index (κ3) is 4.07. The molecular formula is C36H18N6. The van der Waals surface area contributed by atoms with Gasteiger partial charge in [-0.3, -0.25) is 0 Å². The Morgan fingerprint density at radius 2 is 1.05 bits per heavy atom. The summed E-state index contributed by atoms with van der Waals surface area (Å²) in [5.41, 5.74) is 8.53. The molecule has 0 radical (unpaired) electrons. The van der Waals surface area contributed by atoms with E-state index in [2.05, 4.69) is 18.2 Å². The van der Waals surface area contributed by atoms with Crippen molar-refractivity contribution in [2.45, 2.75) is 0 Å². The number of pyridine rings is 1. The van der Waals surface area contributed by atoms with Gasteiger partial charge in [-0.15, -0.1) is 0 Å². The SMILES string of the molecule is N#Cc1ccc(-c2nc3ccc4c(-c5cccc(C#N)c5)nc5ccccc5c4c3nc2-c2ccc(C#N)cc2)cc1. The Kier molecular flexibility index (Phi) is 5.83. The second kappa shape index (κ2) is 9.96. The van der Waals surface area contributed by atoms with E-state index in [-0.39, 0.29) is 0 Å². The summed E-state index contributed by atoms with van der Waals surface area (Å²) in [6.45, 7) is 0. The van der Waals surface area contributed by atoms with E-state index in [0.29, 0.717) is 33.6 Å². The molecular weight excluding hydrogens is 516 g/mol. The first kappa shape index (κ1) is 24.6. The van der Waals surface area contributed by atoms with Gasteiger partial charge in [0.25, 0.3) is 0 Å². The monoisotopic (exact) mass is 534 g/mol. The van der Waals surface area contributed by atoms with Gasteiger partial charge in [-0.1, -0.05) is 54.6 Å². The molecule has 7 aromatic rings. The number of fused-ring (bicyclic) bond motifs is 5. The van der Waals surface area contributed by atoms with E-state index >= 15 is 0 Å². The Bertz CT molecular complexity index is 2320. The summed E-state index contributed by atoms with van der Waals surface area (Å²) in [7, 11) is 0. The third-order valence-corrected chi connectivity index (χ3v) is 7.34. The topological polar surface area (TPSA) is 110 Å². The molecule has 192 valence electrons. The molecule has 0 aliphatic rings. The minimum absolute atomic E-state index is 0.555. The third-order valence-electron chi connectivity index (χ3n) is 7.34. The lowest BCUT2D eigenvalue weighted by molar-refractivity contribution is 1.30. The van der Waals surface area contributed by atoms with Crippen molar-refractivity contribution < 1.29 is 0 Å². The number of benzene rings is 5. The van der Waals surface area contributed by atoms with E-state index < -0.39 is 0 Å². The van der Waals surface area contributed by atoms with Crippen molar-refractivity contribution in [2.75, 3.05) is 0 Å². The molecule has 0 saturated heterocycles. The lowest BCUT2D eigenvalue weighted by Crippen LogP contribution is -1.98. The van der Waals surface area contributed by atoms with Gasteiger partial charge in [0.2, 0.25) is 0 Å². The summed E-state index contributed by atoms with van der Waals surface area (Å²) in [6, 6.07) is 40.5. The normalized spacial score (nSPS) is 10.8. The van der Waals surface area contributed by atoms with Crippen molar-refractivity contribution >= 4 is 32.7 Å². The Hall–Kier alpha value is -6.42. The number of rotatable bonds is 3. The van der Waals surface area contributed by atoms with Crippen LogP contribution in [0, 0.1) is 34.0 Å². The van der Waals surface area contributed by atoms with Crippen LogP contribution in [0.15, 0.2) is 109 Å². The molecule has 0 amide bonds. The smallest absolute Gasteiger partial charge is 0.0991 e. The molecule has 0 saturated carbocycles. The van der Waals surface area contributed by atoms with Gasteiger partial charge in [-0.25, -0.2) is 15.0 Å². The highest BCUT2D eigenvalue weighted by atomic mass is 14.8. The molecule has 0 spiro atoms. The minimum Gasteiger partial charge on any atom is -0.247 e. The van der Waals surface area contributed by atoms with Crippen LogP contribution in [0.3, 0.4) is 0 Å². The number of para-hydroxylation sites is 1. The van der Waals surface area contributed by atoms with E-state index in [1.54, 1.807) is 30.3 Å². The van der Waals surface area contributed by atoms with Crippen molar-refractivity contribution in [2.24, 2.45) is 0 Å². The fourth-order valence-corrected chi connectivity index (χ4v) is 5.32. The minimum atomic E-state index is 0.555. The highest BCUT2D eigenvalue weighted by molar-refractivity contribution is 6.21. The van der Waals surface area contributed by atoms with Crippen LogP contribution in [-0.2, 0) is 0 Å². The van der Waals surface area contributed by atoms with Crippen molar-refractivity contribution in [3.8, 4) is 52.0 Å². The lowest BCUT2D eigenvalue weighted by atomic mass is 9.97. The first-order valence-corrected chi connectivity index (χ1v) is 13.2. The van der Waals surface area contributed by atoms with Gasteiger partial charge in [0.15, 0.2) is 0 Å². The fraction of sp³-hybridized carbons (Fsp3) is 0. The Morgan fingerprint density at radius 3 is 1.71 bits per heavy atom. The predicted octanol–water partition coefficient (Wildman–Crippen LogP) is 7.95. The zero-order valence-corrected chi connectivity index (χ0v) is 22.1. The number of hydrogen-bond donors (Lipinski definition) is 0. The quantitative estimate of drug-likeness (QED) is 0.213. The maximum atomic E-state index is 9.53. The molecule has 5 aromatic carbocycles. The van der Waals surface area contributed by atoms with E-state index in [1.807, 2.05) is 78.9 Å². The molecule has 6 heteroatoms. The summed E-state index contributed by atoms with van der Waals surface area (Å²) in [5, 5.41) is 31.0. The van der Waals surface area contributed by atoms with E-state index in [9.17, 15) is 15.8 Å². The number of hydrogen-bond acceptors (Lipinski definition) is 6. The average molecular weight is 535 g/mol. The van der Waals surface area contributed by atoms with Crippen LogP contribution in [0.1, 0.15) is 16.7 Å². The van der Waals surface area contributed by atoms with Gasteiger partial charge in [0.05, 0.1) is 68.5 Å². The molecule has 7 rings (SSSR count). The van der Waals surface area contributed by atoms with Gasteiger partial charge >= 0.3 is 0 Å². The van der Waals surface area contributed by atoms with Gasteiger partial charge in [-0.2, -0.15) is 15.8 Å². The first-order chi connectivity index (χ1) is 20.7. The number of aromatic nitrogens is 3. The summed E-state index contributed by atoms with van der Waals surface area (Å²) in [6.07, 6.45) is 0. The van der Waals surface area contributed by atoms with Crippen molar-refractivity contribution in [1.29, 1.82) is 15.8 Å². The van der Waals surface area contributed by atoms with Crippen LogP contribution in [0.4, 0.5) is 0 Å². The molecule has 42 heavy (non-hydrogen) atoms. The fourth-order valence-electron chi connectivity index (χ4n) is 5.32. The van der Waals surface area contributed by atoms with Crippen LogP contribution in [-0.4, -0.2) is 15.0 Å². The summed E-state index contributed by atoms with van der Waals surface area (Å²) in [4.78, 5) is 15.4. The molecule has 2 heterocycles. The number of nitriles is 3.